The zero-order chi connectivity index (χ0) is 14.7. The molecule has 1 heterocycles. The lowest BCUT2D eigenvalue weighted by molar-refractivity contribution is -0.111. The Bertz CT molecular complexity index is 636. The van der Waals surface area contributed by atoms with Gasteiger partial charge in [-0.2, -0.15) is 0 Å². The van der Waals surface area contributed by atoms with Crippen LogP contribution in [0.2, 0.25) is 0 Å². The van der Waals surface area contributed by atoms with E-state index in [1.807, 2.05) is 18.2 Å². The van der Waals surface area contributed by atoms with E-state index in [1.54, 1.807) is 13.4 Å². The highest BCUT2D eigenvalue weighted by atomic mass is 16.5. The van der Waals surface area contributed by atoms with Crippen molar-refractivity contribution >= 4 is 23.0 Å². The summed E-state index contributed by atoms with van der Waals surface area (Å²) in [6.07, 6.45) is 6.55. The molecule has 1 saturated carbocycles. The fourth-order valence-electron chi connectivity index (χ4n) is 2.93. The number of rotatable bonds is 4. The first-order valence-corrected chi connectivity index (χ1v) is 7.31. The molecule has 0 spiro atoms. The number of anilines is 1. The van der Waals surface area contributed by atoms with Gasteiger partial charge in [0.15, 0.2) is 0 Å². The van der Waals surface area contributed by atoms with Crippen molar-refractivity contribution in [3.63, 3.8) is 0 Å². The highest BCUT2D eigenvalue weighted by Gasteiger charge is 2.21. The number of methoxy groups -OCH3 is 1. The van der Waals surface area contributed by atoms with Crippen LogP contribution in [0, 0.1) is 5.92 Å². The number of benzene rings is 1. The number of nitrogens with one attached hydrogen (secondary N) is 1. The maximum atomic E-state index is 10.8. The number of aromatic nitrogens is 2. The first-order chi connectivity index (χ1) is 10.3. The van der Waals surface area contributed by atoms with Crippen molar-refractivity contribution in [2.45, 2.75) is 31.7 Å². The number of hydrogen-bond acceptors (Lipinski definition) is 5. The van der Waals surface area contributed by atoms with Gasteiger partial charge in [-0.1, -0.05) is 6.07 Å². The maximum absolute atomic E-state index is 10.8. The van der Waals surface area contributed by atoms with Crippen LogP contribution in [-0.2, 0) is 4.79 Å². The second-order valence-electron chi connectivity index (χ2n) is 5.47. The molecule has 21 heavy (non-hydrogen) atoms. The lowest BCUT2D eigenvalue weighted by Crippen LogP contribution is -2.27. The Balaban J connectivity index is 1.83. The molecule has 0 radical (unpaired) electrons. The summed E-state index contributed by atoms with van der Waals surface area (Å²) in [6.45, 7) is 0. The van der Waals surface area contributed by atoms with Crippen molar-refractivity contribution in [1.29, 1.82) is 0 Å². The summed E-state index contributed by atoms with van der Waals surface area (Å²) in [5.41, 5.74) is 0.819. The normalized spacial score (nSPS) is 22.0. The van der Waals surface area contributed by atoms with Crippen molar-refractivity contribution in [2.24, 2.45) is 5.92 Å². The highest BCUT2D eigenvalue weighted by molar-refractivity contribution is 5.92. The molecule has 1 N–H and O–H groups in total. The van der Waals surface area contributed by atoms with Crippen molar-refractivity contribution in [1.82, 2.24) is 9.97 Å². The number of fused-ring (bicyclic) bond motifs is 1. The van der Waals surface area contributed by atoms with Gasteiger partial charge >= 0.3 is 0 Å². The van der Waals surface area contributed by atoms with Crippen LogP contribution in [0.4, 0.5) is 5.82 Å². The van der Waals surface area contributed by atoms with Gasteiger partial charge in [-0.05, 0) is 37.8 Å². The smallest absolute Gasteiger partial charge is 0.145 e. The van der Waals surface area contributed by atoms with Gasteiger partial charge < -0.3 is 14.8 Å². The Labute approximate surface area is 123 Å². The van der Waals surface area contributed by atoms with E-state index in [0.29, 0.717) is 6.04 Å². The lowest BCUT2D eigenvalue weighted by Gasteiger charge is -2.27. The third kappa shape index (κ3) is 2.82. The van der Waals surface area contributed by atoms with Crippen LogP contribution in [0.5, 0.6) is 5.75 Å². The molecule has 1 aromatic heterocycles. The Morgan fingerprint density at radius 3 is 2.76 bits per heavy atom. The van der Waals surface area contributed by atoms with E-state index in [9.17, 15) is 4.79 Å². The molecular formula is C16H19N3O2. The summed E-state index contributed by atoms with van der Waals surface area (Å²) in [5.74, 6) is 1.82. The van der Waals surface area contributed by atoms with Crippen molar-refractivity contribution in [3.05, 3.63) is 24.5 Å². The van der Waals surface area contributed by atoms with E-state index in [-0.39, 0.29) is 5.92 Å². The minimum Gasteiger partial charge on any atom is -0.494 e. The minimum absolute atomic E-state index is 0.227. The van der Waals surface area contributed by atoms with E-state index < -0.39 is 0 Å². The molecule has 2 aromatic rings. The quantitative estimate of drug-likeness (QED) is 0.875. The maximum Gasteiger partial charge on any atom is 0.145 e. The number of carbonyl (C=O) groups excluding carboxylic acids is 1. The van der Waals surface area contributed by atoms with Gasteiger partial charge in [-0.3, -0.25) is 0 Å². The monoisotopic (exact) mass is 285 g/mol. The average Bonchev–Trinajstić information content (AvgIpc) is 2.55. The second-order valence-corrected chi connectivity index (χ2v) is 5.47. The van der Waals surface area contributed by atoms with Crippen molar-refractivity contribution in [3.8, 4) is 5.75 Å². The molecule has 1 aliphatic carbocycles. The van der Waals surface area contributed by atoms with E-state index in [4.69, 9.17) is 4.74 Å². The summed E-state index contributed by atoms with van der Waals surface area (Å²) in [6, 6.07) is 6.20. The molecule has 3 rings (SSSR count). The molecule has 0 amide bonds. The highest BCUT2D eigenvalue weighted by Crippen LogP contribution is 2.30. The SMILES string of the molecule is COc1cccc2c(NC3CCC(C=O)CC3)ncnc12. The molecule has 110 valence electrons. The summed E-state index contributed by atoms with van der Waals surface area (Å²) >= 11 is 0. The second kappa shape index (κ2) is 6.08. The van der Waals surface area contributed by atoms with Gasteiger partial charge in [0.1, 0.15) is 29.7 Å². The van der Waals surface area contributed by atoms with Gasteiger partial charge in [0.2, 0.25) is 0 Å². The van der Waals surface area contributed by atoms with Gasteiger partial charge in [-0.25, -0.2) is 9.97 Å². The standard InChI is InChI=1S/C16H19N3O2/c1-21-14-4-2-3-13-15(14)17-10-18-16(13)19-12-7-5-11(9-20)6-8-12/h2-4,9-12H,5-8H2,1H3,(H,17,18,19). The Morgan fingerprint density at radius 2 is 2.05 bits per heavy atom. The summed E-state index contributed by atoms with van der Waals surface area (Å²) in [4.78, 5) is 19.5. The first kappa shape index (κ1) is 13.8. The van der Waals surface area contributed by atoms with E-state index in [2.05, 4.69) is 15.3 Å². The van der Waals surface area contributed by atoms with Crippen LogP contribution >= 0.6 is 0 Å². The van der Waals surface area contributed by atoms with Crippen molar-refractivity contribution < 1.29 is 9.53 Å². The molecular weight excluding hydrogens is 266 g/mol. The van der Waals surface area contributed by atoms with Crippen LogP contribution in [-0.4, -0.2) is 29.4 Å². The Hall–Kier alpha value is -2.17. The molecule has 1 fully saturated rings. The molecule has 5 nitrogen and oxygen atoms in total. The van der Waals surface area contributed by atoms with E-state index in [0.717, 1.165) is 54.4 Å². The zero-order valence-electron chi connectivity index (χ0n) is 12.1. The molecule has 0 aliphatic heterocycles. The van der Waals surface area contributed by atoms with Crippen LogP contribution in [0.25, 0.3) is 10.9 Å². The third-order valence-electron chi connectivity index (χ3n) is 4.15. The number of hydrogen-bond donors (Lipinski definition) is 1. The molecule has 5 heteroatoms. The number of carbonyl (C=O) groups is 1. The summed E-state index contributed by atoms with van der Waals surface area (Å²) in [5, 5.41) is 4.46. The molecule has 1 aromatic carbocycles. The molecule has 1 aliphatic rings. The number of para-hydroxylation sites is 1. The van der Waals surface area contributed by atoms with Crippen molar-refractivity contribution in [2.75, 3.05) is 12.4 Å². The zero-order valence-corrected chi connectivity index (χ0v) is 12.1. The number of aldehydes is 1. The first-order valence-electron chi connectivity index (χ1n) is 7.31. The fraction of sp³-hybridized carbons (Fsp3) is 0.438. The van der Waals surface area contributed by atoms with E-state index >= 15 is 0 Å². The van der Waals surface area contributed by atoms with Gasteiger partial charge in [-0.15, -0.1) is 0 Å². The average molecular weight is 285 g/mol. The summed E-state index contributed by atoms with van der Waals surface area (Å²) in [7, 11) is 1.64. The summed E-state index contributed by atoms with van der Waals surface area (Å²) < 4.78 is 5.34. The lowest BCUT2D eigenvalue weighted by atomic mass is 9.87. The predicted octanol–water partition coefficient (Wildman–Crippen LogP) is 2.81. The topological polar surface area (TPSA) is 64.1 Å². The predicted molar refractivity (Wildman–Crippen MR) is 81.5 cm³/mol. The van der Waals surface area contributed by atoms with E-state index in [1.165, 1.54) is 0 Å². The minimum atomic E-state index is 0.227. The number of nitrogens with zero attached hydrogens (tertiary/aromatic N) is 2. The molecule has 0 atom stereocenters. The molecule has 0 saturated heterocycles. The molecule has 0 bridgehead atoms. The third-order valence-corrected chi connectivity index (χ3v) is 4.15. The van der Waals surface area contributed by atoms with Crippen LogP contribution in [0.3, 0.4) is 0 Å². The Morgan fingerprint density at radius 1 is 1.24 bits per heavy atom. The van der Waals surface area contributed by atoms with Crippen LogP contribution < -0.4 is 10.1 Å². The van der Waals surface area contributed by atoms with Crippen LogP contribution in [0.1, 0.15) is 25.7 Å². The molecule has 0 unspecified atom stereocenters. The van der Waals surface area contributed by atoms with Gasteiger partial charge in [0.05, 0.1) is 7.11 Å². The van der Waals surface area contributed by atoms with Gasteiger partial charge in [0, 0.05) is 17.3 Å². The van der Waals surface area contributed by atoms with Gasteiger partial charge in [0.25, 0.3) is 0 Å². The van der Waals surface area contributed by atoms with Crippen LogP contribution in [0.15, 0.2) is 24.5 Å². The largest absolute Gasteiger partial charge is 0.494 e. The fourth-order valence-corrected chi connectivity index (χ4v) is 2.93. The Kier molecular flexibility index (Phi) is 3.99. The number of ether oxygens (including phenoxy) is 1.